The van der Waals surface area contributed by atoms with Gasteiger partial charge < -0.3 is 15.0 Å². The van der Waals surface area contributed by atoms with Crippen LogP contribution in [0.5, 0.6) is 0 Å². The molecule has 2 rings (SSSR count). The van der Waals surface area contributed by atoms with E-state index in [0.717, 1.165) is 18.0 Å². The number of methoxy groups -OCH3 is 1. The largest absolute Gasteiger partial charge is 0.469 e. The highest BCUT2D eigenvalue weighted by Crippen LogP contribution is 2.31. The average molecular weight is 292 g/mol. The smallest absolute Gasteiger partial charge is 0.305 e. The molecular formula is C15H20N2O2S. The Hall–Kier alpha value is -1.62. The molecule has 1 aromatic carbocycles. The number of nitrogens with one attached hydrogen (secondary N) is 1. The molecule has 1 atom stereocenters. The summed E-state index contributed by atoms with van der Waals surface area (Å²) in [5, 5.41) is 3.95. The average Bonchev–Trinajstić information content (AvgIpc) is 2.78. The topological polar surface area (TPSA) is 41.6 Å². The summed E-state index contributed by atoms with van der Waals surface area (Å²) >= 11 is 5.47. The zero-order chi connectivity index (χ0) is 14.5. The number of anilines is 1. The maximum absolute atomic E-state index is 11.0. The molecule has 1 aromatic rings. The molecule has 0 unspecified atom stereocenters. The highest BCUT2D eigenvalue weighted by molar-refractivity contribution is 7.80. The van der Waals surface area contributed by atoms with Gasteiger partial charge in [-0.2, -0.15) is 0 Å². The molecule has 1 aliphatic rings. The number of para-hydroxylation sites is 1. The van der Waals surface area contributed by atoms with E-state index in [1.54, 1.807) is 0 Å². The van der Waals surface area contributed by atoms with Gasteiger partial charge in [0, 0.05) is 24.7 Å². The standard InChI is InChI=1S/C15H20N2O2S/c1-11-10-12-6-3-4-7-13(12)17(11)15(20)16-9-5-8-14(18)19-2/h3-4,6-7,11H,5,8-10H2,1-2H3,(H,16,20)/t11-/m1/s1. The van der Waals surface area contributed by atoms with Crippen molar-refractivity contribution in [2.45, 2.75) is 32.2 Å². The molecule has 0 radical (unpaired) electrons. The van der Waals surface area contributed by atoms with Gasteiger partial charge >= 0.3 is 5.97 Å². The molecule has 20 heavy (non-hydrogen) atoms. The number of carbonyl (C=O) groups is 1. The van der Waals surface area contributed by atoms with Crippen molar-refractivity contribution in [2.75, 3.05) is 18.6 Å². The molecule has 1 heterocycles. The first-order chi connectivity index (χ1) is 9.63. The first-order valence-electron chi connectivity index (χ1n) is 6.85. The fourth-order valence-electron chi connectivity index (χ4n) is 2.49. The SMILES string of the molecule is COC(=O)CCCNC(=S)N1c2ccccc2C[C@H]1C. The van der Waals surface area contributed by atoms with Crippen LogP contribution in [0.3, 0.4) is 0 Å². The number of thiocarbonyl (C=S) groups is 1. The number of hydrogen-bond acceptors (Lipinski definition) is 3. The van der Waals surface area contributed by atoms with Crippen LogP contribution < -0.4 is 10.2 Å². The van der Waals surface area contributed by atoms with Crippen molar-refractivity contribution < 1.29 is 9.53 Å². The van der Waals surface area contributed by atoms with Crippen molar-refractivity contribution in [3.05, 3.63) is 29.8 Å². The minimum absolute atomic E-state index is 0.183. The predicted molar refractivity (Wildman–Crippen MR) is 83.9 cm³/mol. The minimum Gasteiger partial charge on any atom is -0.469 e. The Kier molecular flexibility index (Phi) is 4.95. The Bertz CT molecular complexity index is 504. The summed E-state index contributed by atoms with van der Waals surface area (Å²) in [5.74, 6) is -0.183. The van der Waals surface area contributed by atoms with E-state index in [0.29, 0.717) is 19.0 Å². The third-order valence-corrected chi connectivity index (χ3v) is 3.83. The molecule has 0 aromatic heterocycles. The van der Waals surface area contributed by atoms with Gasteiger partial charge in [-0.3, -0.25) is 4.79 Å². The second kappa shape index (κ2) is 6.70. The molecule has 5 heteroatoms. The lowest BCUT2D eigenvalue weighted by Crippen LogP contribution is -2.43. The van der Waals surface area contributed by atoms with Gasteiger partial charge in [0.1, 0.15) is 0 Å². The van der Waals surface area contributed by atoms with E-state index in [4.69, 9.17) is 12.2 Å². The van der Waals surface area contributed by atoms with Gasteiger partial charge in [0.2, 0.25) is 0 Å². The van der Waals surface area contributed by atoms with Gasteiger partial charge in [-0.15, -0.1) is 0 Å². The second-order valence-corrected chi connectivity index (χ2v) is 5.35. The third-order valence-electron chi connectivity index (χ3n) is 3.49. The van der Waals surface area contributed by atoms with Gasteiger partial charge in [0.15, 0.2) is 5.11 Å². The number of carbonyl (C=O) groups excluding carboxylic acids is 1. The molecule has 0 aliphatic carbocycles. The molecule has 0 amide bonds. The van der Waals surface area contributed by atoms with E-state index in [1.165, 1.54) is 18.4 Å². The molecule has 1 N–H and O–H groups in total. The summed E-state index contributed by atoms with van der Waals surface area (Å²) in [6, 6.07) is 8.70. The van der Waals surface area contributed by atoms with Crippen LogP contribution in [0.1, 0.15) is 25.3 Å². The summed E-state index contributed by atoms with van der Waals surface area (Å²) in [5.41, 5.74) is 2.52. The van der Waals surface area contributed by atoms with Crippen molar-refractivity contribution in [3.63, 3.8) is 0 Å². The summed E-state index contributed by atoms with van der Waals surface area (Å²) in [6.07, 6.45) is 2.15. The number of benzene rings is 1. The van der Waals surface area contributed by atoms with Crippen LogP contribution in [0.15, 0.2) is 24.3 Å². The molecule has 1 aliphatic heterocycles. The lowest BCUT2D eigenvalue weighted by atomic mass is 10.1. The Morgan fingerprint density at radius 2 is 2.25 bits per heavy atom. The number of hydrogen-bond donors (Lipinski definition) is 1. The number of rotatable bonds is 4. The maximum Gasteiger partial charge on any atom is 0.305 e. The fraction of sp³-hybridized carbons (Fsp3) is 0.467. The third kappa shape index (κ3) is 3.28. The number of nitrogens with zero attached hydrogens (tertiary/aromatic N) is 1. The zero-order valence-corrected chi connectivity index (χ0v) is 12.7. The normalized spacial score (nSPS) is 16.7. The highest BCUT2D eigenvalue weighted by Gasteiger charge is 2.28. The lowest BCUT2D eigenvalue weighted by molar-refractivity contribution is -0.140. The molecular weight excluding hydrogens is 272 g/mol. The molecule has 0 saturated heterocycles. The van der Waals surface area contributed by atoms with Crippen LogP contribution in [0.2, 0.25) is 0 Å². The monoisotopic (exact) mass is 292 g/mol. The first kappa shape index (κ1) is 14.8. The highest BCUT2D eigenvalue weighted by atomic mass is 32.1. The fourth-order valence-corrected chi connectivity index (χ4v) is 2.87. The van der Waals surface area contributed by atoms with Crippen molar-refractivity contribution in [2.24, 2.45) is 0 Å². The molecule has 0 spiro atoms. The Morgan fingerprint density at radius 3 is 3.00 bits per heavy atom. The number of fused-ring (bicyclic) bond motifs is 1. The van der Waals surface area contributed by atoms with Crippen LogP contribution in [0.4, 0.5) is 5.69 Å². The van der Waals surface area contributed by atoms with Crippen molar-refractivity contribution >= 4 is 29.0 Å². The summed E-state index contributed by atoms with van der Waals surface area (Å²) < 4.78 is 4.61. The van der Waals surface area contributed by atoms with Gasteiger partial charge in [-0.25, -0.2) is 0 Å². The van der Waals surface area contributed by atoms with Gasteiger partial charge in [0.05, 0.1) is 7.11 Å². The van der Waals surface area contributed by atoms with Gasteiger partial charge in [-0.05, 0) is 43.6 Å². The van der Waals surface area contributed by atoms with E-state index < -0.39 is 0 Å². The number of esters is 1. The van der Waals surface area contributed by atoms with Crippen molar-refractivity contribution in [3.8, 4) is 0 Å². The minimum atomic E-state index is -0.183. The molecule has 4 nitrogen and oxygen atoms in total. The van der Waals surface area contributed by atoms with E-state index in [2.05, 4.69) is 40.1 Å². The molecule has 0 bridgehead atoms. The Labute approximate surface area is 125 Å². The lowest BCUT2D eigenvalue weighted by Gasteiger charge is -2.26. The van der Waals surface area contributed by atoms with Gasteiger partial charge in [-0.1, -0.05) is 18.2 Å². The molecule has 0 fully saturated rings. The second-order valence-electron chi connectivity index (χ2n) is 4.96. The van der Waals surface area contributed by atoms with Crippen molar-refractivity contribution in [1.82, 2.24) is 5.32 Å². The number of ether oxygens (including phenoxy) is 1. The predicted octanol–water partition coefficient (Wildman–Crippen LogP) is 2.27. The summed E-state index contributed by atoms with van der Waals surface area (Å²) in [4.78, 5) is 13.2. The van der Waals surface area contributed by atoms with Gasteiger partial charge in [0.25, 0.3) is 0 Å². The zero-order valence-electron chi connectivity index (χ0n) is 11.9. The summed E-state index contributed by atoms with van der Waals surface area (Å²) in [7, 11) is 1.41. The van der Waals surface area contributed by atoms with Crippen LogP contribution in [-0.2, 0) is 16.0 Å². The molecule has 0 saturated carbocycles. The van der Waals surface area contributed by atoms with E-state index in [-0.39, 0.29) is 5.97 Å². The van der Waals surface area contributed by atoms with Crippen LogP contribution in [0.25, 0.3) is 0 Å². The molecule has 108 valence electrons. The van der Waals surface area contributed by atoms with E-state index >= 15 is 0 Å². The van der Waals surface area contributed by atoms with E-state index in [1.807, 2.05) is 6.07 Å². The van der Waals surface area contributed by atoms with E-state index in [9.17, 15) is 4.79 Å². The first-order valence-corrected chi connectivity index (χ1v) is 7.26. The summed E-state index contributed by atoms with van der Waals surface area (Å²) in [6.45, 7) is 2.85. The van der Waals surface area contributed by atoms with Crippen LogP contribution in [0, 0.1) is 0 Å². The Morgan fingerprint density at radius 1 is 1.50 bits per heavy atom. The quantitative estimate of drug-likeness (QED) is 0.524. The Balaban J connectivity index is 1.88. The van der Waals surface area contributed by atoms with Crippen LogP contribution in [-0.4, -0.2) is 30.8 Å². The maximum atomic E-state index is 11.0. The van der Waals surface area contributed by atoms with Crippen LogP contribution >= 0.6 is 12.2 Å². The van der Waals surface area contributed by atoms with Crippen molar-refractivity contribution in [1.29, 1.82) is 0 Å².